The number of benzene rings is 1. The zero-order chi connectivity index (χ0) is 16.9. The molecule has 1 saturated carbocycles. The van der Waals surface area contributed by atoms with Crippen LogP contribution >= 0.6 is 0 Å². The van der Waals surface area contributed by atoms with Crippen molar-refractivity contribution >= 4 is 11.7 Å². The van der Waals surface area contributed by atoms with Crippen LogP contribution in [0.5, 0.6) is 0 Å². The summed E-state index contributed by atoms with van der Waals surface area (Å²) in [6.45, 7) is 0.490. The van der Waals surface area contributed by atoms with Gasteiger partial charge in [0.1, 0.15) is 0 Å². The van der Waals surface area contributed by atoms with Gasteiger partial charge in [-0.25, -0.2) is 0 Å². The summed E-state index contributed by atoms with van der Waals surface area (Å²) in [5, 5.41) is 12.8. The summed E-state index contributed by atoms with van der Waals surface area (Å²) >= 11 is 0. The van der Waals surface area contributed by atoms with Gasteiger partial charge in [0.05, 0.1) is 6.10 Å². The summed E-state index contributed by atoms with van der Waals surface area (Å²) in [4.78, 5) is 27.3. The van der Waals surface area contributed by atoms with Gasteiger partial charge < -0.3 is 15.4 Å². The molecule has 0 saturated heterocycles. The molecule has 0 unspecified atom stereocenters. The van der Waals surface area contributed by atoms with Gasteiger partial charge in [-0.3, -0.25) is 9.59 Å². The molecule has 2 atom stereocenters. The number of carbonyl (C=O) groups excluding carboxylic acids is 2. The van der Waals surface area contributed by atoms with E-state index in [1.807, 2.05) is 0 Å². The minimum atomic E-state index is -0.319. The lowest BCUT2D eigenvalue weighted by Gasteiger charge is -2.27. The van der Waals surface area contributed by atoms with Crippen molar-refractivity contribution in [3.05, 3.63) is 59.4 Å². The van der Waals surface area contributed by atoms with Crippen LogP contribution in [0.2, 0.25) is 0 Å². The van der Waals surface area contributed by atoms with Gasteiger partial charge >= 0.3 is 0 Å². The maximum absolute atomic E-state index is 12.2. The molecule has 3 N–H and O–H groups in total. The van der Waals surface area contributed by atoms with E-state index in [1.54, 1.807) is 42.7 Å². The van der Waals surface area contributed by atoms with Gasteiger partial charge in [-0.2, -0.15) is 0 Å². The van der Waals surface area contributed by atoms with Crippen LogP contribution < -0.4 is 5.32 Å². The molecule has 0 bridgehead atoms. The molecule has 1 aliphatic rings. The Kier molecular flexibility index (Phi) is 5.11. The SMILES string of the molecule is O=C(NC[C@H]1CCCC[C@H]1O)c1ccc(C(=O)c2cc[nH]c2)cc1. The van der Waals surface area contributed by atoms with E-state index < -0.39 is 0 Å². The number of hydrogen-bond donors (Lipinski definition) is 3. The number of ketones is 1. The van der Waals surface area contributed by atoms with E-state index in [-0.39, 0.29) is 23.7 Å². The molecule has 5 heteroatoms. The fraction of sp³-hybridized carbons (Fsp3) is 0.368. The number of amides is 1. The van der Waals surface area contributed by atoms with E-state index in [1.165, 1.54) is 0 Å². The van der Waals surface area contributed by atoms with Gasteiger partial charge in [0.2, 0.25) is 0 Å². The Morgan fingerprint density at radius 3 is 2.42 bits per heavy atom. The number of aliphatic hydroxyl groups is 1. The highest BCUT2D eigenvalue weighted by Crippen LogP contribution is 2.23. The molecule has 1 heterocycles. The molecule has 0 aliphatic heterocycles. The zero-order valence-corrected chi connectivity index (χ0v) is 13.5. The molecule has 126 valence electrons. The number of aromatic amines is 1. The molecule has 24 heavy (non-hydrogen) atoms. The predicted molar refractivity (Wildman–Crippen MR) is 91.0 cm³/mol. The maximum atomic E-state index is 12.2. The Morgan fingerprint density at radius 2 is 1.75 bits per heavy atom. The Bertz CT molecular complexity index is 692. The summed E-state index contributed by atoms with van der Waals surface area (Å²) in [6, 6.07) is 8.37. The van der Waals surface area contributed by atoms with E-state index in [0.29, 0.717) is 23.2 Å². The van der Waals surface area contributed by atoms with Gasteiger partial charge in [-0.05, 0) is 31.0 Å². The average Bonchev–Trinajstić information content (AvgIpc) is 3.15. The number of aliphatic hydroxyl groups excluding tert-OH is 1. The van der Waals surface area contributed by atoms with Crippen molar-refractivity contribution in [3.8, 4) is 0 Å². The largest absolute Gasteiger partial charge is 0.393 e. The van der Waals surface area contributed by atoms with Crippen molar-refractivity contribution in [1.29, 1.82) is 0 Å². The molecule has 3 rings (SSSR count). The average molecular weight is 326 g/mol. The lowest BCUT2D eigenvalue weighted by Crippen LogP contribution is -2.36. The molecular formula is C19H22N2O3. The van der Waals surface area contributed by atoms with Crippen LogP contribution in [-0.2, 0) is 0 Å². The summed E-state index contributed by atoms with van der Waals surface area (Å²) < 4.78 is 0. The normalized spacial score (nSPS) is 20.5. The van der Waals surface area contributed by atoms with Crippen molar-refractivity contribution in [3.63, 3.8) is 0 Å². The van der Waals surface area contributed by atoms with Crippen molar-refractivity contribution in [1.82, 2.24) is 10.3 Å². The minimum Gasteiger partial charge on any atom is -0.393 e. The third-order valence-electron chi connectivity index (χ3n) is 4.66. The van der Waals surface area contributed by atoms with E-state index in [2.05, 4.69) is 10.3 Å². The second-order valence-electron chi connectivity index (χ2n) is 6.33. The number of aromatic nitrogens is 1. The Labute approximate surface area is 141 Å². The van der Waals surface area contributed by atoms with Crippen LogP contribution in [0.4, 0.5) is 0 Å². The van der Waals surface area contributed by atoms with Crippen molar-refractivity contribution in [2.75, 3.05) is 6.54 Å². The van der Waals surface area contributed by atoms with Crippen LogP contribution in [0, 0.1) is 5.92 Å². The van der Waals surface area contributed by atoms with Crippen molar-refractivity contribution in [2.24, 2.45) is 5.92 Å². The summed E-state index contributed by atoms with van der Waals surface area (Å²) in [5.74, 6) is -0.112. The molecule has 0 radical (unpaired) electrons. The Balaban J connectivity index is 1.58. The molecule has 0 spiro atoms. The number of rotatable bonds is 5. The van der Waals surface area contributed by atoms with Gasteiger partial charge in [0.25, 0.3) is 5.91 Å². The molecule has 1 amide bonds. The fourth-order valence-electron chi connectivity index (χ4n) is 3.16. The summed E-state index contributed by atoms with van der Waals surface area (Å²) in [7, 11) is 0. The number of H-pyrrole nitrogens is 1. The molecule has 5 nitrogen and oxygen atoms in total. The number of hydrogen-bond acceptors (Lipinski definition) is 3. The van der Waals surface area contributed by atoms with Crippen LogP contribution in [-0.4, -0.2) is 34.4 Å². The molecular weight excluding hydrogens is 304 g/mol. The van der Waals surface area contributed by atoms with Crippen molar-refractivity contribution < 1.29 is 14.7 Å². The lowest BCUT2D eigenvalue weighted by molar-refractivity contribution is 0.0662. The minimum absolute atomic E-state index is 0.0754. The zero-order valence-electron chi connectivity index (χ0n) is 13.5. The van der Waals surface area contributed by atoms with E-state index in [9.17, 15) is 14.7 Å². The topological polar surface area (TPSA) is 82.2 Å². The fourth-order valence-corrected chi connectivity index (χ4v) is 3.16. The highest BCUT2D eigenvalue weighted by atomic mass is 16.3. The maximum Gasteiger partial charge on any atom is 0.251 e. The van der Waals surface area contributed by atoms with Gasteiger partial charge in [-0.1, -0.05) is 25.0 Å². The first-order valence-electron chi connectivity index (χ1n) is 8.39. The summed E-state index contributed by atoms with van der Waals surface area (Å²) in [6.07, 6.45) is 6.96. The summed E-state index contributed by atoms with van der Waals surface area (Å²) in [5.41, 5.74) is 1.67. The standard InChI is InChI=1S/C19H22N2O3/c22-17-4-2-1-3-15(17)12-21-19(24)14-7-5-13(6-8-14)18(23)16-9-10-20-11-16/h5-11,15,17,20,22H,1-4,12H2,(H,21,24)/t15-,17-/m1/s1. The molecule has 2 aromatic rings. The van der Waals surface area contributed by atoms with Gasteiger partial charge in [-0.15, -0.1) is 0 Å². The first-order valence-corrected chi connectivity index (χ1v) is 8.39. The smallest absolute Gasteiger partial charge is 0.251 e. The van der Waals surface area contributed by atoms with E-state index in [0.717, 1.165) is 25.7 Å². The number of nitrogens with one attached hydrogen (secondary N) is 2. The molecule has 1 aromatic heterocycles. The monoisotopic (exact) mass is 326 g/mol. The molecule has 1 fully saturated rings. The third-order valence-corrected chi connectivity index (χ3v) is 4.66. The van der Waals surface area contributed by atoms with Crippen LogP contribution in [0.1, 0.15) is 52.0 Å². The third kappa shape index (κ3) is 3.74. The van der Waals surface area contributed by atoms with E-state index >= 15 is 0 Å². The van der Waals surface area contributed by atoms with E-state index in [4.69, 9.17) is 0 Å². The van der Waals surface area contributed by atoms with Crippen LogP contribution in [0.25, 0.3) is 0 Å². The van der Waals surface area contributed by atoms with Crippen LogP contribution in [0.3, 0.4) is 0 Å². The quantitative estimate of drug-likeness (QED) is 0.738. The Morgan fingerprint density at radius 1 is 1.04 bits per heavy atom. The van der Waals surface area contributed by atoms with Crippen LogP contribution in [0.15, 0.2) is 42.7 Å². The molecule has 1 aromatic carbocycles. The van der Waals surface area contributed by atoms with Gasteiger partial charge in [0, 0.05) is 41.5 Å². The highest BCUT2D eigenvalue weighted by molar-refractivity contribution is 6.09. The first kappa shape index (κ1) is 16.5. The van der Waals surface area contributed by atoms with Gasteiger partial charge in [0.15, 0.2) is 5.78 Å². The highest BCUT2D eigenvalue weighted by Gasteiger charge is 2.23. The molecule has 1 aliphatic carbocycles. The lowest BCUT2D eigenvalue weighted by atomic mass is 9.86. The first-order chi connectivity index (χ1) is 11.6. The second kappa shape index (κ2) is 7.45. The Hall–Kier alpha value is -2.40. The number of carbonyl (C=O) groups is 2. The predicted octanol–water partition coefficient (Wildman–Crippen LogP) is 2.53. The van der Waals surface area contributed by atoms with Crippen molar-refractivity contribution in [2.45, 2.75) is 31.8 Å². The second-order valence-corrected chi connectivity index (χ2v) is 6.33.